The van der Waals surface area contributed by atoms with E-state index in [1.165, 1.54) is 7.11 Å². The molecule has 0 aliphatic carbocycles. The third-order valence-corrected chi connectivity index (χ3v) is 2.56. The maximum absolute atomic E-state index is 13.6. The maximum Gasteiger partial charge on any atom is 0.241 e. The van der Waals surface area contributed by atoms with Gasteiger partial charge in [-0.3, -0.25) is 4.79 Å². The predicted molar refractivity (Wildman–Crippen MR) is 76.2 cm³/mol. The summed E-state index contributed by atoms with van der Waals surface area (Å²) in [6, 6.07) is 0.983. The zero-order valence-corrected chi connectivity index (χ0v) is 12.4. The number of anilines is 1. The van der Waals surface area contributed by atoms with Gasteiger partial charge in [0.25, 0.3) is 0 Å². The lowest BCUT2D eigenvalue weighted by Gasteiger charge is -2.15. The van der Waals surface area contributed by atoms with E-state index in [0.717, 1.165) is 12.1 Å². The van der Waals surface area contributed by atoms with Crippen molar-refractivity contribution in [2.45, 2.75) is 26.3 Å². The second-order valence-electron chi connectivity index (χ2n) is 4.69. The second kappa shape index (κ2) is 8.01. The van der Waals surface area contributed by atoms with Crippen molar-refractivity contribution >= 4 is 24.0 Å². The Hall–Kier alpha value is -1.40. The Balaban J connectivity index is 0.00000361. The molecular weight excluding hydrogens is 290 g/mol. The van der Waals surface area contributed by atoms with Gasteiger partial charge in [-0.15, -0.1) is 12.4 Å². The van der Waals surface area contributed by atoms with E-state index in [-0.39, 0.29) is 29.8 Å². The fourth-order valence-corrected chi connectivity index (χ4v) is 1.62. The van der Waals surface area contributed by atoms with E-state index >= 15 is 0 Å². The van der Waals surface area contributed by atoms with Crippen molar-refractivity contribution in [3.8, 4) is 5.75 Å². The summed E-state index contributed by atoms with van der Waals surface area (Å²) in [6.45, 7) is 3.83. The minimum atomic E-state index is -0.775. The first-order chi connectivity index (χ1) is 8.85. The number of carbonyl (C=O) groups is 1. The Kier molecular flexibility index (Phi) is 7.45. The van der Waals surface area contributed by atoms with Gasteiger partial charge in [-0.05, 0) is 12.3 Å². The highest BCUT2D eigenvalue weighted by Gasteiger charge is 2.18. The number of rotatable bonds is 5. The summed E-state index contributed by atoms with van der Waals surface area (Å²) in [5.41, 5.74) is 5.41. The average molecular weight is 309 g/mol. The highest BCUT2D eigenvalue weighted by molar-refractivity contribution is 5.94. The fraction of sp³-hybridized carbons (Fsp3) is 0.462. The van der Waals surface area contributed by atoms with Crippen LogP contribution in [0.5, 0.6) is 5.75 Å². The summed E-state index contributed by atoms with van der Waals surface area (Å²) in [7, 11) is 1.23. The third kappa shape index (κ3) is 4.94. The Bertz CT molecular complexity index is 470. The summed E-state index contributed by atoms with van der Waals surface area (Å²) < 4.78 is 31.7. The Morgan fingerprint density at radius 2 is 1.95 bits per heavy atom. The standard InChI is InChI=1S/C13H18F2N2O2.ClH/c1-7(2)4-10(16)13(18)17-11-5-9(15)12(19-3)6-8(11)14;/h5-7,10H,4,16H2,1-3H3,(H,17,18);1H/t10-;/m0./s1. The van der Waals surface area contributed by atoms with Crippen LogP contribution in [-0.4, -0.2) is 19.1 Å². The average Bonchev–Trinajstić information content (AvgIpc) is 2.32. The SMILES string of the molecule is COc1cc(F)c(NC(=O)[C@@H](N)CC(C)C)cc1F.Cl. The van der Waals surface area contributed by atoms with Crippen molar-refractivity contribution in [1.82, 2.24) is 0 Å². The molecule has 0 spiro atoms. The van der Waals surface area contributed by atoms with E-state index in [1.54, 1.807) is 0 Å². The van der Waals surface area contributed by atoms with Crippen LogP contribution in [0.2, 0.25) is 0 Å². The number of nitrogens with one attached hydrogen (secondary N) is 1. The van der Waals surface area contributed by atoms with Gasteiger partial charge in [0, 0.05) is 12.1 Å². The van der Waals surface area contributed by atoms with Crippen LogP contribution in [0.4, 0.5) is 14.5 Å². The molecule has 3 N–H and O–H groups in total. The molecule has 1 aromatic rings. The largest absolute Gasteiger partial charge is 0.494 e. The molecule has 7 heteroatoms. The van der Waals surface area contributed by atoms with E-state index in [2.05, 4.69) is 10.1 Å². The van der Waals surface area contributed by atoms with Crippen LogP contribution >= 0.6 is 12.4 Å². The molecule has 0 saturated carbocycles. The van der Waals surface area contributed by atoms with Gasteiger partial charge in [0.2, 0.25) is 5.91 Å². The lowest BCUT2D eigenvalue weighted by molar-refractivity contribution is -0.117. The number of ether oxygens (including phenoxy) is 1. The van der Waals surface area contributed by atoms with E-state index in [1.807, 2.05) is 13.8 Å². The van der Waals surface area contributed by atoms with Crippen molar-refractivity contribution in [2.75, 3.05) is 12.4 Å². The van der Waals surface area contributed by atoms with Crippen LogP contribution in [0.3, 0.4) is 0 Å². The molecule has 1 atom stereocenters. The van der Waals surface area contributed by atoms with Crippen molar-refractivity contribution < 1.29 is 18.3 Å². The van der Waals surface area contributed by atoms with E-state index in [4.69, 9.17) is 5.73 Å². The molecule has 114 valence electrons. The van der Waals surface area contributed by atoms with Gasteiger partial charge in [-0.1, -0.05) is 13.8 Å². The molecule has 0 saturated heterocycles. The van der Waals surface area contributed by atoms with Crippen molar-refractivity contribution in [3.63, 3.8) is 0 Å². The molecule has 0 fully saturated rings. The van der Waals surface area contributed by atoms with Gasteiger partial charge >= 0.3 is 0 Å². The Morgan fingerprint density at radius 1 is 1.35 bits per heavy atom. The maximum atomic E-state index is 13.6. The highest BCUT2D eigenvalue weighted by Crippen LogP contribution is 2.24. The number of benzene rings is 1. The smallest absolute Gasteiger partial charge is 0.241 e. The topological polar surface area (TPSA) is 64.3 Å². The molecule has 0 unspecified atom stereocenters. The van der Waals surface area contributed by atoms with E-state index < -0.39 is 23.6 Å². The molecule has 4 nitrogen and oxygen atoms in total. The fourth-order valence-electron chi connectivity index (χ4n) is 1.62. The van der Waals surface area contributed by atoms with Gasteiger partial charge < -0.3 is 15.8 Å². The first-order valence-corrected chi connectivity index (χ1v) is 5.94. The van der Waals surface area contributed by atoms with Crippen molar-refractivity contribution in [3.05, 3.63) is 23.8 Å². The number of amides is 1. The molecule has 1 amide bonds. The highest BCUT2D eigenvalue weighted by atomic mass is 35.5. The summed E-state index contributed by atoms with van der Waals surface area (Å²) >= 11 is 0. The monoisotopic (exact) mass is 308 g/mol. The normalized spacial score (nSPS) is 11.8. The predicted octanol–water partition coefficient (Wildman–Crippen LogP) is 2.71. The lowest BCUT2D eigenvalue weighted by atomic mass is 10.0. The molecule has 0 radical (unpaired) electrons. The summed E-state index contributed by atoms with van der Waals surface area (Å²) in [5.74, 6) is -2.06. The van der Waals surface area contributed by atoms with Crippen LogP contribution in [0.15, 0.2) is 12.1 Å². The zero-order chi connectivity index (χ0) is 14.6. The number of nitrogens with two attached hydrogens (primary N) is 1. The quantitative estimate of drug-likeness (QED) is 0.879. The first-order valence-electron chi connectivity index (χ1n) is 5.94. The lowest BCUT2D eigenvalue weighted by Crippen LogP contribution is -2.36. The molecule has 1 aromatic carbocycles. The molecule has 0 aliphatic heterocycles. The van der Waals surface area contributed by atoms with Crippen LogP contribution < -0.4 is 15.8 Å². The molecule has 0 bridgehead atoms. The van der Waals surface area contributed by atoms with Gasteiger partial charge in [-0.25, -0.2) is 8.78 Å². The minimum Gasteiger partial charge on any atom is -0.494 e. The minimum absolute atomic E-state index is 0. The number of hydrogen-bond donors (Lipinski definition) is 2. The molecule has 0 aromatic heterocycles. The van der Waals surface area contributed by atoms with Crippen LogP contribution in [-0.2, 0) is 4.79 Å². The van der Waals surface area contributed by atoms with Gasteiger partial charge in [0.15, 0.2) is 17.4 Å². The second-order valence-corrected chi connectivity index (χ2v) is 4.69. The number of hydrogen-bond acceptors (Lipinski definition) is 3. The number of carbonyl (C=O) groups excluding carboxylic acids is 1. The zero-order valence-electron chi connectivity index (χ0n) is 11.6. The molecule has 20 heavy (non-hydrogen) atoms. The Morgan fingerprint density at radius 3 is 2.45 bits per heavy atom. The molecule has 1 rings (SSSR count). The summed E-state index contributed by atoms with van der Waals surface area (Å²) in [5, 5.41) is 2.27. The molecule has 0 heterocycles. The first kappa shape index (κ1) is 18.6. The third-order valence-electron chi connectivity index (χ3n) is 2.56. The van der Waals surface area contributed by atoms with Crippen molar-refractivity contribution in [2.24, 2.45) is 11.7 Å². The number of methoxy groups -OCH3 is 1. The van der Waals surface area contributed by atoms with Gasteiger partial charge in [0.05, 0.1) is 18.8 Å². The van der Waals surface area contributed by atoms with E-state index in [9.17, 15) is 13.6 Å². The van der Waals surface area contributed by atoms with Crippen molar-refractivity contribution in [1.29, 1.82) is 0 Å². The number of halogens is 3. The Labute approximate surface area is 123 Å². The summed E-state index contributed by atoms with van der Waals surface area (Å²) in [4.78, 5) is 11.7. The van der Waals surface area contributed by atoms with Gasteiger partial charge in [-0.2, -0.15) is 0 Å². The van der Waals surface area contributed by atoms with Crippen LogP contribution in [0, 0.1) is 17.6 Å². The summed E-state index contributed by atoms with van der Waals surface area (Å²) in [6.07, 6.45) is 0.464. The van der Waals surface area contributed by atoms with Gasteiger partial charge in [0.1, 0.15) is 0 Å². The molecular formula is C13H19ClF2N2O2. The van der Waals surface area contributed by atoms with Crippen LogP contribution in [0.1, 0.15) is 20.3 Å². The van der Waals surface area contributed by atoms with E-state index in [0.29, 0.717) is 6.42 Å². The van der Waals surface area contributed by atoms with Crippen LogP contribution in [0.25, 0.3) is 0 Å². The molecule has 0 aliphatic rings.